The molecule has 0 heterocycles. The van der Waals surface area contributed by atoms with E-state index in [1.165, 1.54) is 36.4 Å². The van der Waals surface area contributed by atoms with Gasteiger partial charge in [0.05, 0.1) is 9.79 Å². The van der Waals surface area contributed by atoms with Crippen LogP contribution >= 0.6 is 0 Å². The van der Waals surface area contributed by atoms with E-state index in [0.717, 1.165) is 11.1 Å². The predicted octanol–water partition coefficient (Wildman–Crippen LogP) is 5.18. The Morgan fingerprint density at radius 3 is 1.51 bits per heavy atom. The van der Waals surface area contributed by atoms with Gasteiger partial charge < -0.3 is 4.90 Å². The second kappa shape index (κ2) is 14.0. The number of halogens is 1. The Morgan fingerprint density at radius 2 is 1.22 bits per heavy atom. The van der Waals surface area contributed by atoms with Crippen LogP contribution in [0.4, 0.5) is 4.39 Å². The summed E-state index contributed by atoms with van der Waals surface area (Å²) in [6.45, 7) is 10.1. The van der Waals surface area contributed by atoms with Crippen LogP contribution in [0.25, 0.3) is 0 Å². The topological polar surface area (TPSA) is 129 Å². The van der Waals surface area contributed by atoms with E-state index in [0.29, 0.717) is 12.1 Å². The van der Waals surface area contributed by atoms with E-state index in [2.05, 4.69) is 0 Å². The molecule has 2 N–H and O–H groups in total. The quantitative estimate of drug-likeness (QED) is 0.417. The highest BCUT2D eigenvalue weighted by atomic mass is 32.2. The van der Waals surface area contributed by atoms with Gasteiger partial charge in [0.15, 0.2) is 0 Å². The van der Waals surface area contributed by atoms with E-state index in [-0.39, 0.29) is 27.6 Å². The molecule has 202 valence electrons. The number of hydrogen-bond acceptors (Lipinski definition) is 5. The van der Waals surface area contributed by atoms with Gasteiger partial charge >= 0.3 is 0 Å². The molecule has 0 aliphatic rings. The van der Waals surface area contributed by atoms with E-state index < -0.39 is 20.2 Å². The van der Waals surface area contributed by atoms with Gasteiger partial charge in [-0.25, -0.2) is 4.39 Å². The highest BCUT2D eigenvalue weighted by Gasteiger charge is 2.16. The number of aryl methyl sites for hydroxylation is 2. The molecule has 3 aromatic rings. The molecule has 0 aliphatic heterocycles. The van der Waals surface area contributed by atoms with Gasteiger partial charge in [0.1, 0.15) is 5.82 Å². The van der Waals surface area contributed by atoms with Crippen molar-refractivity contribution < 1.29 is 35.1 Å². The van der Waals surface area contributed by atoms with Crippen LogP contribution in [0, 0.1) is 19.7 Å². The molecule has 0 atom stereocenters. The fourth-order valence-corrected chi connectivity index (χ4v) is 3.91. The predicted molar refractivity (Wildman–Crippen MR) is 140 cm³/mol. The first-order chi connectivity index (χ1) is 17.1. The Kier molecular flexibility index (Phi) is 12.1. The lowest BCUT2D eigenvalue weighted by atomic mass is 10.1. The van der Waals surface area contributed by atoms with Crippen molar-refractivity contribution in [1.82, 2.24) is 4.90 Å². The Morgan fingerprint density at radius 1 is 0.811 bits per heavy atom. The summed E-state index contributed by atoms with van der Waals surface area (Å²) >= 11 is 0. The van der Waals surface area contributed by atoms with Crippen molar-refractivity contribution in [3.63, 3.8) is 0 Å². The second-order valence-electron chi connectivity index (χ2n) is 8.27. The van der Waals surface area contributed by atoms with Crippen LogP contribution < -0.4 is 0 Å². The molecule has 0 bridgehead atoms. The number of hydrogen-bond donors (Lipinski definition) is 2. The highest BCUT2D eigenvalue weighted by Crippen LogP contribution is 2.11. The molecule has 0 unspecified atom stereocenters. The van der Waals surface area contributed by atoms with Gasteiger partial charge in [0.2, 0.25) is 0 Å². The SMILES string of the molecule is CCN(C(=O)c1cccc(F)c1)C(C)C.Cc1ccc(S(=O)(=O)O)cc1.Cc1ccc(S(=O)(=O)O)cc1. The van der Waals surface area contributed by atoms with Crippen molar-refractivity contribution in [2.24, 2.45) is 0 Å². The van der Waals surface area contributed by atoms with Crippen molar-refractivity contribution in [3.05, 3.63) is 95.3 Å². The normalized spacial score (nSPS) is 11.1. The maximum atomic E-state index is 12.9. The van der Waals surface area contributed by atoms with Crippen LogP contribution in [-0.4, -0.2) is 49.3 Å². The molecule has 0 aromatic heterocycles. The lowest BCUT2D eigenvalue weighted by Crippen LogP contribution is -2.36. The van der Waals surface area contributed by atoms with Gasteiger partial charge in [0.25, 0.3) is 26.1 Å². The molecule has 1 amide bonds. The summed E-state index contributed by atoms with van der Waals surface area (Å²) in [4.78, 5) is 13.5. The standard InChI is InChI=1S/C12H16FNO.2C7H8O3S/c1-4-14(9(2)3)12(15)10-6-5-7-11(13)8-10;2*1-6-2-4-7(5-3-6)11(8,9)10/h5-9H,4H2,1-3H3;2*2-5H,1H3,(H,8,9,10). The van der Waals surface area contributed by atoms with Crippen LogP contribution in [-0.2, 0) is 20.2 Å². The molecule has 0 aliphatic carbocycles. The van der Waals surface area contributed by atoms with E-state index in [9.17, 15) is 26.0 Å². The van der Waals surface area contributed by atoms with Gasteiger partial charge in [-0.1, -0.05) is 41.5 Å². The Balaban J connectivity index is 0.000000283. The van der Waals surface area contributed by atoms with Crippen molar-refractivity contribution in [2.75, 3.05) is 6.54 Å². The van der Waals surface area contributed by atoms with Gasteiger partial charge in [-0.2, -0.15) is 16.8 Å². The van der Waals surface area contributed by atoms with E-state index in [4.69, 9.17) is 9.11 Å². The number of rotatable bonds is 5. The largest absolute Gasteiger partial charge is 0.337 e. The first kappa shape index (κ1) is 31.9. The van der Waals surface area contributed by atoms with Crippen molar-refractivity contribution in [1.29, 1.82) is 0 Å². The van der Waals surface area contributed by atoms with Crippen LogP contribution in [0.1, 0.15) is 42.3 Å². The first-order valence-electron chi connectivity index (χ1n) is 11.2. The number of carbonyl (C=O) groups excluding carboxylic acids is 1. The summed E-state index contributed by atoms with van der Waals surface area (Å²) in [5.74, 6) is -0.493. The zero-order valence-electron chi connectivity index (χ0n) is 21.3. The fraction of sp³-hybridized carbons (Fsp3) is 0.269. The molecular formula is C26H32FNO7S2. The molecule has 3 rings (SSSR count). The third kappa shape index (κ3) is 11.2. The molecule has 11 heteroatoms. The summed E-state index contributed by atoms with van der Waals surface area (Å²) in [5.41, 5.74) is 2.32. The fourth-order valence-electron chi connectivity index (χ4n) is 2.95. The van der Waals surface area contributed by atoms with Crippen LogP contribution in [0.2, 0.25) is 0 Å². The van der Waals surface area contributed by atoms with Crippen molar-refractivity contribution >= 4 is 26.1 Å². The summed E-state index contributed by atoms with van der Waals surface area (Å²) in [5, 5.41) is 0. The zero-order chi connectivity index (χ0) is 28.4. The minimum absolute atomic E-state index is 0.0666. The molecule has 37 heavy (non-hydrogen) atoms. The molecular weight excluding hydrogens is 521 g/mol. The number of amides is 1. The molecule has 8 nitrogen and oxygen atoms in total. The summed E-state index contributed by atoms with van der Waals surface area (Å²) in [6, 6.07) is 17.9. The molecule has 0 saturated heterocycles. The van der Waals surface area contributed by atoms with Crippen molar-refractivity contribution in [2.45, 2.75) is 50.5 Å². The van der Waals surface area contributed by atoms with Crippen molar-refractivity contribution in [3.8, 4) is 0 Å². The minimum atomic E-state index is -4.02. The van der Waals surface area contributed by atoms with E-state index in [1.54, 1.807) is 41.3 Å². The minimum Gasteiger partial charge on any atom is -0.337 e. The number of carbonyl (C=O) groups is 1. The Bertz CT molecular complexity index is 1300. The molecule has 0 fully saturated rings. The summed E-state index contributed by atoms with van der Waals surface area (Å²) < 4.78 is 72.0. The third-order valence-electron chi connectivity index (χ3n) is 4.93. The lowest BCUT2D eigenvalue weighted by molar-refractivity contribution is 0.0716. The first-order valence-corrected chi connectivity index (χ1v) is 14.1. The monoisotopic (exact) mass is 553 g/mol. The molecule has 3 aromatic carbocycles. The molecule has 0 radical (unpaired) electrons. The van der Waals surface area contributed by atoms with Gasteiger partial charge in [-0.15, -0.1) is 0 Å². The third-order valence-corrected chi connectivity index (χ3v) is 6.67. The summed E-state index contributed by atoms with van der Waals surface area (Å²) in [7, 11) is -8.04. The average Bonchev–Trinajstić information content (AvgIpc) is 2.79. The number of nitrogens with zero attached hydrogens (tertiary/aromatic N) is 1. The van der Waals surface area contributed by atoms with Crippen LogP contribution in [0.5, 0.6) is 0 Å². The Labute approximate surface area is 218 Å². The molecule has 0 saturated carbocycles. The zero-order valence-corrected chi connectivity index (χ0v) is 22.9. The van der Waals surface area contributed by atoms with Crippen LogP contribution in [0.3, 0.4) is 0 Å². The van der Waals surface area contributed by atoms with Gasteiger partial charge in [-0.3, -0.25) is 13.9 Å². The summed E-state index contributed by atoms with van der Waals surface area (Å²) in [6.07, 6.45) is 0. The molecule has 0 spiro atoms. The maximum Gasteiger partial charge on any atom is 0.294 e. The lowest BCUT2D eigenvalue weighted by Gasteiger charge is -2.25. The van der Waals surface area contributed by atoms with Gasteiger partial charge in [-0.05, 0) is 77.1 Å². The van der Waals surface area contributed by atoms with E-state index >= 15 is 0 Å². The smallest absolute Gasteiger partial charge is 0.294 e. The highest BCUT2D eigenvalue weighted by molar-refractivity contribution is 7.86. The Hall–Kier alpha value is -3.12. The average molecular weight is 554 g/mol. The second-order valence-corrected chi connectivity index (χ2v) is 11.1. The number of benzene rings is 3. The maximum absolute atomic E-state index is 12.9. The van der Waals surface area contributed by atoms with Gasteiger partial charge in [0, 0.05) is 18.2 Å². The van der Waals surface area contributed by atoms with E-state index in [1.807, 2.05) is 34.6 Å². The van der Waals surface area contributed by atoms with Crippen LogP contribution in [0.15, 0.2) is 82.6 Å².